The Morgan fingerprint density at radius 3 is 2.70 bits per heavy atom. The first kappa shape index (κ1) is 12.4. The molecule has 0 bridgehead atoms. The summed E-state index contributed by atoms with van der Waals surface area (Å²) in [6.07, 6.45) is 1.74. The van der Waals surface area contributed by atoms with Gasteiger partial charge >= 0.3 is 0 Å². The van der Waals surface area contributed by atoms with E-state index in [4.69, 9.17) is 4.74 Å². The first-order chi connectivity index (χ1) is 9.70. The van der Waals surface area contributed by atoms with E-state index < -0.39 is 0 Å². The lowest BCUT2D eigenvalue weighted by Gasteiger charge is -2.10. The molecule has 0 saturated heterocycles. The molecule has 0 aliphatic heterocycles. The molecule has 0 amide bonds. The van der Waals surface area contributed by atoms with Crippen LogP contribution in [0.2, 0.25) is 0 Å². The average molecular weight is 266 g/mol. The molecule has 100 valence electrons. The summed E-state index contributed by atoms with van der Waals surface area (Å²) in [5, 5.41) is 10.6. The molecule has 20 heavy (non-hydrogen) atoms. The average Bonchev–Trinajstić information content (AvgIpc) is 2.49. The maximum Gasteiger partial charge on any atom is 0.145 e. The number of ether oxygens (including phenoxy) is 1. The fourth-order valence-corrected chi connectivity index (χ4v) is 2.24. The highest BCUT2D eigenvalue weighted by Crippen LogP contribution is 2.33. The van der Waals surface area contributed by atoms with Gasteiger partial charge in [-0.15, -0.1) is 0 Å². The van der Waals surface area contributed by atoms with E-state index in [0.29, 0.717) is 5.69 Å². The van der Waals surface area contributed by atoms with Crippen molar-refractivity contribution in [2.45, 2.75) is 6.92 Å². The highest BCUT2D eigenvalue weighted by Gasteiger charge is 2.10. The van der Waals surface area contributed by atoms with Crippen LogP contribution >= 0.6 is 0 Å². The van der Waals surface area contributed by atoms with Gasteiger partial charge in [-0.3, -0.25) is 4.98 Å². The number of benzene rings is 1. The van der Waals surface area contributed by atoms with E-state index in [0.717, 1.165) is 27.9 Å². The number of rotatable bonds is 2. The maximum atomic E-state index is 9.59. The lowest BCUT2D eigenvalue weighted by Crippen LogP contribution is -1.92. The SMILES string of the molecule is COc1ccc(-c2ccc(O)c(C)n2)c2cccnc12. The Kier molecular flexibility index (Phi) is 2.99. The minimum atomic E-state index is 0.199. The summed E-state index contributed by atoms with van der Waals surface area (Å²) < 4.78 is 5.34. The van der Waals surface area contributed by atoms with E-state index in [1.165, 1.54) is 0 Å². The van der Waals surface area contributed by atoms with E-state index in [-0.39, 0.29) is 5.75 Å². The maximum absolute atomic E-state index is 9.59. The van der Waals surface area contributed by atoms with Gasteiger partial charge in [0, 0.05) is 17.1 Å². The monoisotopic (exact) mass is 266 g/mol. The molecule has 0 unspecified atom stereocenters. The van der Waals surface area contributed by atoms with Gasteiger partial charge in [0.25, 0.3) is 0 Å². The second-order valence-corrected chi connectivity index (χ2v) is 4.52. The molecule has 2 aromatic heterocycles. The van der Waals surface area contributed by atoms with E-state index in [1.54, 1.807) is 32.4 Å². The predicted molar refractivity (Wildman–Crippen MR) is 77.9 cm³/mol. The summed E-state index contributed by atoms with van der Waals surface area (Å²) in [4.78, 5) is 8.81. The number of hydrogen-bond acceptors (Lipinski definition) is 4. The van der Waals surface area contributed by atoms with Crippen LogP contribution in [0.4, 0.5) is 0 Å². The number of aryl methyl sites for hydroxylation is 1. The van der Waals surface area contributed by atoms with Crippen molar-refractivity contribution in [1.29, 1.82) is 0 Å². The van der Waals surface area contributed by atoms with E-state index in [1.807, 2.05) is 24.3 Å². The lowest BCUT2D eigenvalue weighted by atomic mass is 10.0. The van der Waals surface area contributed by atoms with Crippen LogP contribution in [-0.4, -0.2) is 22.2 Å². The van der Waals surface area contributed by atoms with E-state index >= 15 is 0 Å². The molecule has 2 heterocycles. The van der Waals surface area contributed by atoms with Crippen LogP contribution in [0, 0.1) is 6.92 Å². The van der Waals surface area contributed by atoms with Crippen LogP contribution < -0.4 is 4.74 Å². The zero-order chi connectivity index (χ0) is 14.1. The van der Waals surface area contributed by atoms with Gasteiger partial charge < -0.3 is 9.84 Å². The number of aromatic hydroxyl groups is 1. The Bertz CT molecular complexity index is 785. The number of methoxy groups -OCH3 is 1. The Morgan fingerprint density at radius 1 is 1.10 bits per heavy atom. The fraction of sp³-hybridized carbons (Fsp3) is 0.125. The molecule has 0 radical (unpaired) electrons. The molecule has 3 aromatic rings. The number of aromatic nitrogens is 2. The third-order valence-electron chi connectivity index (χ3n) is 3.29. The molecule has 0 saturated carbocycles. The van der Waals surface area contributed by atoms with Gasteiger partial charge in [-0.2, -0.15) is 0 Å². The van der Waals surface area contributed by atoms with E-state index in [9.17, 15) is 5.11 Å². The lowest BCUT2D eigenvalue weighted by molar-refractivity contribution is 0.419. The number of hydrogen-bond donors (Lipinski definition) is 1. The Labute approximate surface area is 116 Å². The molecule has 1 N–H and O–H groups in total. The second kappa shape index (κ2) is 4.81. The molecular formula is C16H14N2O2. The van der Waals surface area contributed by atoms with Crippen molar-refractivity contribution in [3.63, 3.8) is 0 Å². The smallest absolute Gasteiger partial charge is 0.145 e. The first-order valence-electron chi connectivity index (χ1n) is 6.29. The van der Waals surface area contributed by atoms with Gasteiger partial charge in [-0.25, -0.2) is 4.98 Å². The van der Waals surface area contributed by atoms with Crippen LogP contribution in [0.5, 0.6) is 11.5 Å². The van der Waals surface area contributed by atoms with Gasteiger partial charge in [0.2, 0.25) is 0 Å². The zero-order valence-electron chi connectivity index (χ0n) is 11.3. The summed E-state index contributed by atoms with van der Waals surface area (Å²) in [5.74, 6) is 0.935. The largest absolute Gasteiger partial charge is 0.506 e. The Hall–Kier alpha value is -2.62. The van der Waals surface area contributed by atoms with Crippen molar-refractivity contribution in [3.05, 3.63) is 48.3 Å². The Morgan fingerprint density at radius 2 is 1.95 bits per heavy atom. The van der Waals surface area contributed by atoms with Crippen molar-refractivity contribution in [1.82, 2.24) is 9.97 Å². The number of fused-ring (bicyclic) bond motifs is 1. The van der Waals surface area contributed by atoms with Crippen molar-refractivity contribution >= 4 is 10.9 Å². The van der Waals surface area contributed by atoms with Crippen molar-refractivity contribution in [2.24, 2.45) is 0 Å². The topological polar surface area (TPSA) is 55.2 Å². The molecule has 0 aliphatic carbocycles. The predicted octanol–water partition coefficient (Wildman–Crippen LogP) is 3.32. The normalized spacial score (nSPS) is 10.7. The fourth-order valence-electron chi connectivity index (χ4n) is 2.24. The van der Waals surface area contributed by atoms with Gasteiger partial charge in [-0.1, -0.05) is 6.07 Å². The van der Waals surface area contributed by atoms with Crippen molar-refractivity contribution in [3.8, 4) is 22.8 Å². The highest BCUT2D eigenvalue weighted by atomic mass is 16.5. The van der Waals surface area contributed by atoms with Crippen molar-refractivity contribution in [2.75, 3.05) is 7.11 Å². The first-order valence-corrected chi connectivity index (χ1v) is 6.29. The van der Waals surface area contributed by atoms with Crippen LogP contribution in [0.25, 0.3) is 22.2 Å². The van der Waals surface area contributed by atoms with Gasteiger partial charge in [0.05, 0.1) is 18.5 Å². The van der Waals surface area contributed by atoms with Crippen LogP contribution in [0.1, 0.15) is 5.69 Å². The van der Waals surface area contributed by atoms with Crippen LogP contribution in [0.15, 0.2) is 42.6 Å². The number of nitrogens with zero attached hydrogens (tertiary/aromatic N) is 2. The minimum absolute atomic E-state index is 0.199. The summed E-state index contributed by atoms with van der Waals surface area (Å²) in [6.45, 7) is 1.78. The van der Waals surface area contributed by atoms with Crippen LogP contribution in [0.3, 0.4) is 0 Å². The summed E-state index contributed by atoms with van der Waals surface area (Å²) >= 11 is 0. The summed E-state index contributed by atoms with van der Waals surface area (Å²) in [7, 11) is 1.63. The molecule has 4 heteroatoms. The third kappa shape index (κ3) is 1.95. The molecule has 1 aromatic carbocycles. The quantitative estimate of drug-likeness (QED) is 0.773. The molecule has 4 nitrogen and oxygen atoms in total. The Balaban J connectivity index is 2.29. The third-order valence-corrected chi connectivity index (χ3v) is 3.29. The molecule has 3 rings (SSSR count). The number of pyridine rings is 2. The van der Waals surface area contributed by atoms with Gasteiger partial charge in [0.15, 0.2) is 0 Å². The van der Waals surface area contributed by atoms with Crippen molar-refractivity contribution < 1.29 is 9.84 Å². The van der Waals surface area contributed by atoms with Gasteiger partial charge in [-0.05, 0) is 37.3 Å². The van der Waals surface area contributed by atoms with Gasteiger partial charge in [0.1, 0.15) is 17.0 Å². The molecule has 0 atom stereocenters. The van der Waals surface area contributed by atoms with Crippen LogP contribution in [-0.2, 0) is 0 Å². The standard InChI is InChI=1S/C16H14N2O2/c1-10-14(19)7-6-13(18-10)11-5-8-15(20-2)16-12(11)4-3-9-17-16/h3-9,19H,1-2H3. The minimum Gasteiger partial charge on any atom is -0.506 e. The summed E-state index contributed by atoms with van der Waals surface area (Å²) in [5.41, 5.74) is 3.19. The second-order valence-electron chi connectivity index (χ2n) is 4.52. The molecule has 0 aliphatic rings. The van der Waals surface area contributed by atoms with E-state index in [2.05, 4.69) is 9.97 Å². The summed E-state index contributed by atoms with van der Waals surface area (Å²) in [6, 6.07) is 11.2. The zero-order valence-corrected chi connectivity index (χ0v) is 11.3. The molecular weight excluding hydrogens is 252 g/mol. The molecule has 0 fully saturated rings. The highest BCUT2D eigenvalue weighted by molar-refractivity contribution is 5.97. The molecule has 0 spiro atoms.